The lowest BCUT2D eigenvalue weighted by Gasteiger charge is -2.19. The summed E-state index contributed by atoms with van der Waals surface area (Å²) in [7, 11) is 0. The van der Waals surface area contributed by atoms with Gasteiger partial charge in [0.05, 0.1) is 5.69 Å². The third-order valence-electron chi connectivity index (χ3n) is 2.58. The highest BCUT2D eigenvalue weighted by molar-refractivity contribution is 5.96. The van der Waals surface area contributed by atoms with Crippen molar-refractivity contribution in [3.05, 3.63) is 24.3 Å². The number of carboxylic acids is 1. The molecule has 5 heteroatoms. The fourth-order valence-corrected chi connectivity index (χ4v) is 1.84. The molecule has 1 aliphatic rings. The zero-order chi connectivity index (χ0) is 12.3. The summed E-state index contributed by atoms with van der Waals surface area (Å²) in [4.78, 5) is 23.7. The average molecular weight is 235 g/mol. The van der Waals surface area contributed by atoms with Crippen LogP contribution >= 0.6 is 0 Å². The van der Waals surface area contributed by atoms with Crippen LogP contribution < -0.4 is 9.64 Å². The molecule has 0 bridgehead atoms. The average Bonchev–Trinajstić information content (AvgIpc) is 2.73. The van der Waals surface area contributed by atoms with Gasteiger partial charge in [0, 0.05) is 13.0 Å². The molecule has 90 valence electrons. The highest BCUT2D eigenvalue weighted by Crippen LogP contribution is 2.31. The lowest BCUT2D eigenvalue weighted by atomic mass is 10.2. The van der Waals surface area contributed by atoms with Crippen molar-refractivity contribution in [2.45, 2.75) is 12.8 Å². The molecule has 2 rings (SSSR count). The van der Waals surface area contributed by atoms with Gasteiger partial charge in [0.15, 0.2) is 6.61 Å². The second kappa shape index (κ2) is 4.86. The molecule has 1 aliphatic heterocycles. The van der Waals surface area contributed by atoms with Crippen molar-refractivity contribution >= 4 is 17.6 Å². The number of hydrogen-bond acceptors (Lipinski definition) is 3. The molecule has 5 nitrogen and oxygen atoms in total. The number of carbonyl (C=O) groups is 2. The third kappa shape index (κ3) is 2.55. The van der Waals surface area contributed by atoms with Crippen LogP contribution in [-0.2, 0) is 9.59 Å². The highest BCUT2D eigenvalue weighted by atomic mass is 16.5. The van der Waals surface area contributed by atoms with Gasteiger partial charge in [0.1, 0.15) is 5.75 Å². The number of para-hydroxylation sites is 2. The van der Waals surface area contributed by atoms with Gasteiger partial charge in [-0.2, -0.15) is 0 Å². The molecule has 0 aliphatic carbocycles. The Morgan fingerprint density at radius 2 is 2.18 bits per heavy atom. The van der Waals surface area contributed by atoms with Crippen molar-refractivity contribution in [3.8, 4) is 5.75 Å². The van der Waals surface area contributed by atoms with E-state index in [0.717, 1.165) is 6.42 Å². The van der Waals surface area contributed by atoms with E-state index in [1.807, 2.05) is 0 Å². The minimum atomic E-state index is -1.03. The van der Waals surface area contributed by atoms with Crippen LogP contribution in [0.2, 0.25) is 0 Å². The van der Waals surface area contributed by atoms with Crippen LogP contribution in [0.25, 0.3) is 0 Å². The molecule has 0 aromatic heterocycles. The molecule has 1 fully saturated rings. The maximum absolute atomic E-state index is 11.6. The topological polar surface area (TPSA) is 66.8 Å². The Morgan fingerprint density at radius 3 is 2.82 bits per heavy atom. The van der Waals surface area contributed by atoms with Gasteiger partial charge in [-0.05, 0) is 18.6 Å². The first-order valence-corrected chi connectivity index (χ1v) is 5.42. The molecule has 1 N–H and O–H groups in total. The number of anilines is 1. The van der Waals surface area contributed by atoms with E-state index in [1.165, 1.54) is 0 Å². The van der Waals surface area contributed by atoms with Crippen molar-refractivity contribution in [2.24, 2.45) is 0 Å². The molecule has 0 spiro atoms. The zero-order valence-electron chi connectivity index (χ0n) is 9.26. The number of rotatable bonds is 4. The number of aliphatic carboxylic acids is 1. The highest BCUT2D eigenvalue weighted by Gasteiger charge is 2.24. The van der Waals surface area contributed by atoms with Crippen LogP contribution in [0.15, 0.2) is 24.3 Å². The van der Waals surface area contributed by atoms with E-state index >= 15 is 0 Å². The van der Waals surface area contributed by atoms with E-state index in [4.69, 9.17) is 9.84 Å². The summed E-state index contributed by atoms with van der Waals surface area (Å²) in [6.45, 7) is 0.255. The number of hydrogen-bond donors (Lipinski definition) is 1. The lowest BCUT2D eigenvalue weighted by molar-refractivity contribution is -0.139. The molecule has 1 amide bonds. The Balaban J connectivity index is 2.20. The maximum atomic E-state index is 11.6. The Kier molecular flexibility index (Phi) is 3.27. The third-order valence-corrected chi connectivity index (χ3v) is 2.58. The summed E-state index contributed by atoms with van der Waals surface area (Å²) in [5.41, 5.74) is 0.649. The number of benzene rings is 1. The van der Waals surface area contributed by atoms with Gasteiger partial charge in [0.2, 0.25) is 5.91 Å². The monoisotopic (exact) mass is 235 g/mol. The number of carbonyl (C=O) groups excluding carboxylic acids is 1. The predicted octanol–water partition coefficient (Wildman–Crippen LogP) is 1.28. The maximum Gasteiger partial charge on any atom is 0.341 e. The largest absolute Gasteiger partial charge is 0.480 e. The Bertz CT molecular complexity index is 444. The summed E-state index contributed by atoms with van der Waals surface area (Å²) in [5.74, 6) is -0.547. The number of carboxylic acid groups (broad SMARTS) is 1. The number of nitrogens with zero attached hydrogens (tertiary/aromatic N) is 1. The van der Waals surface area contributed by atoms with Crippen molar-refractivity contribution in [3.63, 3.8) is 0 Å². The molecule has 1 aromatic carbocycles. The molecule has 1 heterocycles. The first kappa shape index (κ1) is 11.4. The van der Waals surface area contributed by atoms with Crippen LogP contribution in [0, 0.1) is 0 Å². The van der Waals surface area contributed by atoms with E-state index in [-0.39, 0.29) is 5.91 Å². The van der Waals surface area contributed by atoms with Crippen molar-refractivity contribution < 1.29 is 19.4 Å². The SMILES string of the molecule is O=C(O)COc1ccccc1N1CCCC1=O. The van der Waals surface area contributed by atoms with E-state index in [9.17, 15) is 9.59 Å². The van der Waals surface area contributed by atoms with Gasteiger partial charge in [-0.25, -0.2) is 4.79 Å². The van der Waals surface area contributed by atoms with Gasteiger partial charge < -0.3 is 14.7 Å². The van der Waals surface area contributed by atoms with Gasteiger partial charge in [-0.15, -0.1) is 0 Å². The van der Waals surface area contributed by atoms with Gasteiger partial charge in [0.25, 0.3) is 0 Å². The van der Waals surface area contributed by atoms with E-state index < -0.39 is 12.6 Å². The molecule has 0 saturated carbocycles. The summed E-state index contributed by atoms with van der Waals surface area (Å²) in [6.07, 6.45) is 1.36. The minimum absolute atomic E-state index is 0.0522. The number of amides is 1. The number of ether oxygens (including phenoxy) is 1. The van der Waals surface area contributed by atoms with Crippen LogP contribution in [-0.4, -0.2) is 30.1 Å². The zero-order valence-corrected chi connectivity index (χ0v) is 9.26. The van der Waals surface area contributed by atoms with Crippen LogP contribution in [0.4, 0.5) is 5.69 Å². The van der Waals surface area contributed by atoms with E-state index in [1.54, 1.807) is 29.2 Å². The first-order valence-electron chi connectivity index (χ1n) is 5.42. The Hall–Kier alpha value is -2.04. The van der Waals surface area contributed by atoms with Crippen molar-refractivity contribution in [1.29, 1.82) is 0 Å². The molecule has 1 saturated heterocycles. The quantitative estimate of drug-likeness (QED) is 0.853. The van der Waals surface area contributed by atoms with Gasteiger partial charge >= 0.3 is 5.97 Å². The minimum Gasteiger partial charge on any atom is -0.480 e. The second-order valence-electron chi connectivity index (χ2n) is 3.80. The van der Waals surface area contributed by atoms with E-state index in [0.29, 0.717) is 24.4 Å². The molecule has 0 atom stereocenters. The fraction of sp³-hybridized carbons (Fsp3) is 0.333. The molecule has 17 heavy (non-hydrogen) atoms. The summed E-state index contributed by atoms with van der Waals surface area (Å²) in [5, 5.41) is 8.58. The van der Waals surface area contributed by atoms with Gasteiger partial charge in [-0.1, -0.05) is 12.1 Å². The summed E-state index contributed by atoms with van der Waals surface area (Å²) in [6, 6.07) is 6.99. The summed E-state index contributed by atoms with van der Waals surface area (Å²) >= 11 is 0. The van der Waals surface area contributed by atoms with Crippen LogP contribution in [0.5, 0.6) is 5.75 Å². The molecular formula is C12H13NO4. The molecular weight excluding hydrogens is 222 g/mol. The first-order chi connectivity index (χ1) is 8.18. The molecule has 0 radical (unpaired) electrons. The predicted molar refractivity (Wildman–Crippen MR) is 61.2 cm³/mol. The molecule has 1 aromatic rings. The normalized spacial score (nSPS) is 15.1. The Morgan fingerprint density at radius 1 is 1.41 bits per heavy atom. The van der Waals surface area contributed by atoms with Crippen molar-refractivity contribution in [2.75, 3.05) is 18.1 Å². The molecule has 0 unspecified atom stereocenters. The smallest absolute Gasteiger partial charge is 0.341 e. The van der Waals surface area contributed by atoms with Crippen molar-refractivity contribution in [1.82, 2.24) is 0 Å². The lowest BCUT2D eigenvalue weighted by Crippen LogP contribution is -2.24. The standard InChI is InChI=1S/C12H13NO4/c14-11-6-3-7-13(11)9-4-1-2-5-10(9)17-8-12(15)16/h1-2,4-5H,3,6-8H2,(H,15,16). The van der Waals surface area contributed by atoms with Crippen LogP contribution in [0.1, 0.15) is 12.8 Å². The van der Waals surface area contributed by atoms with Crippen LogP contribution in [0.3, 0.4) is 0 Å². The fourth-order valence-electron chi connectivity index (χ4n) is 1.84. The van der Waals surface area contributed by atoms with E-state index in [2.05, 4.69) is 0 Å². The Labute approximate surface area is 98.6 Å². The van der Waals surface area contributed by atoms with Gasteiger partial charge in [-0.3, -0.25) is 4.79 Å². The summed E-state index contributed by atoms with van der Waals surface area (Å²) < 4.78 is 5.17. The second-order valence-corrected chi connectivity index (χ2v) is 3.80.